The van der Waals surface area contributed by atoms with Crippen molar-refractivity contribution in [2.75, 3.05) is 0 Å². The summed E-state index contributed by atoms with van der Waals surface area (Å²) in [5.74, 6) is 1.24. The van der Waals surface area contributed by atoms with Crippen LogP contribution < -0.4 is 0 Å². The molecule has 2 rings (SSSR count). The summed E-state index contributed by atoms with van der Waals surface area (Å²) in [4.78, 5) is 12.0. The maximum atomic E-state index is 12.0. The van der Waals surface area contributed by atoms with Crippen LogP contribution >= 0.6 is 0 Å². The lowest BCUT2D eigenvalue weighted by atomic mass is 9.58. The van der Waals surface area contributed by atoms with Crippen molar-refractivity contribution in [2.24, 2.45) is 17.3 Å². The molecule has 3 atom stereocenters. The summed E-state index contributed by atoms with van der Waals surface area (Å²) in [5, 5.41) is 0. The van der Waals surface area contributed by atoms with E-state index in [1.54, 1.807) is 0 Å². The molecule has 0 heterocycles. The fourth-order valence-corrected chi connectivity index (χ4v) is 3.39. The van der Waals surface area contributed by atoms with Crippen molar-refractivity contribution >= 4 is 5.78 Å². The summed E-state index contributed by atoms with van der Waals surface area (Å²) >= 11 is 0. The van der Waals surface area contributed by atoms with Gasteiger partial charge in [0.05, 0.1) is 0 Å². The van der Waals surface area contributed by atoms with E-state index in [0.29, 0.717) is 11.7 Å². The summed E-state index contributed by atoms with van der Waals surface area (Å²) in [7, 11) is 0. The van der Waals surface area contributed by atoms with Crippen LogP contribution in [-0.2, 0) is 4.79 Å². The fourth-order valence-electron chi connectivity index (χ4n) is 3.39. The topological polar surface area (TPSA) is 17.1 Å². The van der Waals surface area contributed by atoms with Gasteiger partial charge in [-0.3, -0.25) is 4.79 Å². The first-order valence-electron chi connectivity index (χ1n) is 6.43. The molecule has 16 heavy (non-hydrogen) atoms. The Bertz CT molecular complexity index is 339. The van der Waals surface area contributed by atoms with Crippen molar-refractivity contribution in [1.82, 2.24) is 0 Å². The van der Waals surface area contributed by atoms with E-state index in [-0.39, 0.29) is 11.3 Å². The van der Waals surface area contributed by atoms with Crippen molar-refractivity contribution < 1.29 is 4.79 Å². The third-order valence-electron chi connectivity index (χ3n) is 4.74. The zero-order chi connectivity index (χ0) is 11.8. The largest absolute Gasteiger partial charge is 0.295 e. The molecule has 0 unspecified atom stereocenters. The first kappa shape index (κ1) is 11.6. The van der Waals surface area contributed by atoms with E-state index >= 15 is 0 Å². The highest BCUT2D eigenvalue weighted by molar-refractivity contribution is 5.93. The maximum Gasteiger partial charge on any atom is 0.159 e. The molecule has 0 amide bonds. The van der Waals surface area contributed by atoms with E-state index in [0.717, 1.165) is 19.3 Å². The summed E-state index contributed by atoms with van der Waals surface area (Å²) in [6.07, 6.45) is 9.40. The summed E-state index contributed by atoms with van der Waals surface area (Å²) < 4.78 is 0. The molecule has 0 N–H and O–H groups in total. The molecule has 88 valence electrons. The molecule has 1 heteroatoms. The number of allylic oxidation sites excluding steroid dienone is 3. The zero-order valence-corrected chi connectivity index (χ0v) is 10.5. The van der Waals surface area contributed by atoms with Crippen LogP contribution in [0.2, 0.25) is 0 Å². The lowest BCUT2D eigenvalue weighted by Crippen LogP contribution is -2.38. The van der Waals surface area contributed by atoms with E-state index in [1.165, 1.54) is 18.4 Å². The van der Waals surface area contributed by atoms with Crippen molar-refractivity contribution in [2.45, 2.75) is 46.0 Å². The normalized spacial score (nSPS) is 38.9. The van der Waals surface area contributed by atoms with E-state index in [4.69, 9.17) is 0 Å². The van der Waals surface area contributed by atoms with Crippen molar-refractivity contribution in [3.63, 3.8) is 0 Å². The zero-order valence-electron chi connectivity index (χ0n) is 10.5. The molecule has 0 spiro atoms. The number of hydrogen-bond acceptors (Lipinski definition) is 1. The molecule has 0 aromatic heterocycles. The molecule has 1 fully saturated rings. The van der Waals surface area contributed by atoms with Crippen LogP contribution in [0.1, 0.15) is 46.0 Å². The highest BCUT2D eigenvalue weighted by Gasteiger charge is 2.43. The van der Waals surface area contributed by atoms with E-state index in [9.17, 15) is 4.79 Å². The second-order valence-electron chi connectivity index (χ2n) is 5.71. The SMILES string of the molecule is C=CC[C@@H]1C[C@@]2(C)C(=CC1=O)CCC[C@@H]2C. The van der Waals surface area contributed by atoms with Gasteiger partial charge in [0.25, 0.3) is 0 Å². The Labute approximate surface area is 98.6 Å². The van der Waals surface area contributed by atoms with Gasteiger partial charge in [0.15, 0.2) is 5.78 Å². The minimum absolute atomic E-state index is 0.187. The first-order chi connectivity index (χ1) is 7.58. The smallest absolute Gasteiger partial charge is 0.159 e. The van der Waals surface area contributed by atoms with Crippen LogP contribution in [0.5, 0.6) is 0 Å². The van der Waals surface area contributed by atoms with Crippen LogP contribution in [0.4, 0.5) is 0 Å². The Hall–Kier alpha value is -0.850. The van der Waals surface area contributed by atoms with E-state index in [1.807, 2.05) is 12.2 Å². The summed E-state index contributed by atoms with van der Waals surface area (Å²) in [5.41, 5.74) is 1.69. The van der Waals surface area contributed by atoms with Crippen molar-refractivity contribution in [3.8, 4) is 0 Å². The Kier molecular flexibility index (Phi) is 3.05. The second-order valence-corrected chi connectivity index (χ2v) is 5.71. The predicted molar refractivity (Wildman–Crippen MR) is 67.1 cm³/mol. The minimum atomic E-state index is 0.187. The third-order valence-corrected chi connectivity index (χ3v) is 4.74. The van der Waals surface area contributed by atoms with Gasteiger partial charge in [-0.15, -0.1) is 6.58 Å². The molecule has 0 saturated heterocycles. The molecular weight excluding hydrogens is 196 g/mol. The van der Waals surface area contributed by atoms with Gasteiger partial charge in [-0.2, -0.15) is 0 Å². The Morgan fingerprint density at radius 3 is 3.06 bits per heavy atom. The number of fused-ring (bicyclic) bond motifs is 1. The lowest BCUT2D eigenvalue weighted by Gasteiger charge is -2.46. The molecule has 0 aliphatic heterocycles. The van der Waals surface area contributed by atoms with Gasteiger partial charge in [0, 0.05) is 5.92 Å². The van der Waals surface area contributed by atoms with Crippen LogP contribution in [0.25, 0.3) is 0 Å². The summed E-state index contributed by atoms with van der Waals surface area (Å²) in [6.45, 7) is 8.46. The van der Waals surface area contributed by atoms with Gasteiger partial charge in [0.2, 0.25) is 0 Å². The molecule has 2 aliphatic rings. The third kappa shape index (κ3) is 1.77. The Morgan fingerprint density at radius 2 is 2.38 bits per heavy atom. The molecule has 0 radical (unpaired) electrons. The maximum absolute atomic E-state index is 12.0. The standard InChI is InChI=1S/C15H22O/c1-4-6-12-10-15(3)11(2)7-5-8-13(15)9-14(12)16/h4,9,11-12H,1,5-8,10H2,2-3H3/t11-,12+,15+/m0/s1. The molecule has 2 aliphatic carbocycles. The monoisotopic (exact) mass is 218 g/mol. The van der Waals surface area contributed by atoms with Crippen LogP contribution in [0.15, 0.2) is 24.3 Å². The Balaban J connectivity index is 2.30. The molecule has 1 nitrogen and oxygen atoms in total. The Morgan fingerprint density at radius 1 is 1.62 bits per heavy atom. The molecule has 0 bridgehead atoms. The van der Waals surface area contributed by atoms with Gasteiger partial charge in [-0.05, 0) is 49.5 Å². The highest BCUT2D eigenvalue weighted by atomic mass is 16.1. The second kappa shape index (κ2) is 4.20. The average Bonchev–Trinajstić information content (AvgIpc) is 2.23. The molecular formula is C15H22O. The van der Waals surface area contributed by atoms with E-state index in [2.05, 4.69) is 20.4 Å². The number of rotatable bonds is 2. The fraction of sp³-hybridized carbons (Fsp3) is 0.667. The first-order valence-corrected chi connectivity index (χ1v) is 6.43. The molecule has 1 saturated carbocycles. The highest BCUT2D eigenvalue weighted by Crippen LogP contribution is 2.51. The number of carbonyl (C=O) groups is 1. The van der Waals surface area contributed by atoms with Gasteiger partial charge < -0.3 is 0 Å². The van der Waals surface area contributed by atoms with Crippen LogP contribution in [0, 0.1) is 17.3 Å². The average molecular weight is 218 g/mol. The number of carbonyl (C=O) groups excluding carboxylic acids is 1. The number of hydrogen-bond donors (Lipinski definition) is 0. The predicted octanol–water partition coefficient (Wildman–Crippen LogP) is 3.90. The number of ketones is 1. The van der Waals surface area contributed by atoms with Crippen LogP contribution in [-0.4, -0.2) is 5.78 Å². The van der Waals surface area contributed by atoms with E-state index < -0.39 is 0 Å². The van der Waals surface area contributed by atoms with Crippen molar-refractivity contribution in [3.05, 3.63) is 24.3 Å². The lowest BCUT2D eigenvalue weighted by molar-refractivity contribution is -0.120. The van der Waals surface area contributed by atoms with Gasteiger partial charge in [0.1, 0.15) is 0 Å². The van der Waals surface area contributed by atoms with Gasteiger partial charge in [-0.1, -0.05) is 25.5 Å². The molecule has 0 aromatic rings. The van der Waals surface area contributed by atoms with Gasteiger partial charge >= 0.3 is 0 Å². The van der Waals surface area contributed by atoms with Crippen molar-refractivity contribution in [1.29, 1.82) is 0 Å². The summed E-state index contributed by atoms with van der Waals surface area (Å²) in [6, 6.07) is 0. The van der Waals surface area contributed by atoms with Crippen LogP contribution in [0.3, 0.4) is 0 Å². The quantitative estimate of drug-likeness (QED) is 0.642. The van der Waals surface area contributed by atoms with Gasteiger partial charge in [-0.25, -0.2) is 0 Å². The minimum Gasteiger partial charge on any atom is -0.295 e. The molecule has 0 aromatic carbocycles.